The highest BCUT2D eigenvalue weighted by atomic mass is 32.1. The highest BCUT2D eigenvalue weighted by Gasteiger charge is 2.15. The summed E-state index contributed by atoms with van der Waals surface area (Å²) in [6.45, 7) is -0.157. The van der Waals surface area contributed by atoms with E-state index in [2.05, 4.69) is 10.3 Å². The molecule has 0 atom stereocenters. The van der Waals surface area contributed by atoms with Crippen LogP contribution < -0.4 is 5.32 Å². The highest BCUT2D eigenvalue weighted by Crippen LogP contribution is 2.20. The lowest BCUT2D eigenvalue weighted by Gasteiger charge is -2.04. The van der Waals surface area contributed by atoms with Gasteiger partial charge in [0.25, 0.3) is 0 Å². The molecule has 0 spiro atoms. The van der Waals surface area contributed by atoms with E-state index in [1.807, 2.05) is 0 Å². The fourth-order valence-electron chi connectivity index (χ4n) is 1.56. The van der Waals surface area contributed by atoms with Gasteiger partial charge in [0.1, 0.15) is 12.1 Å². The van der Waals surface area contributed by atoms with Gasteiger partial charge in [0.15, 0.2) is 16.4 Å². The number of rotatable bonds is 2. The summed E-state index contributed by atoms with van der Waals surface area (Å²) in [5.74, 6) is -2.33. The van der Waals surface area contributed by atoms with Crippen molar-refractivity contribution in [2.45, 2.75) is 6.54 Å². The first-order valence-electron chi connectivity index (χ1n) is 4.81. The highest BCUT2D eigenvalue weighted by molar-refractivity contribution is 7.71. The van der Waals surface area contributed by atoms with Crippen LogP contribution in [0.15, 0.2) is 12.1 Å². The van der Waals surface area contributed by atoms with Gasteiger partial charge >= 0.3 is 0 Å². The smallest absolute Gasteiger partial charge is 0.239 e. The molecule has 1 aromatic heterocycles. The lowest BCUT2D eigenvalue weighted by Crippen LogP contribution is -2.23. The monoisotopic (exact) mass is 257 g/mol. The van der Waals surface area contributed by atoms with Gasteiger partial charge in [-0.05, 0) is 24.4 Å². The maximum Gasteiger partial charge on any atom is 0.239 e. The largest absolute Gasteiger partial charge is 0.358 e. The van der Waals surface area contributed by atoms with Gasteiger partial charge in [0.05, 0.1) is 5.52 Å². The molecule has 0 aliphatic heterocycles. The van der Waals surface area contributed by atoms with Crippen molar-refractivity contribution in [1.82, 2.24) is 14.9 Å². The van der Waals surface area contributed by atoms with Crippen LogP contribution in [0.5, 0.6) is 0 Å². The third kappa shape index (κ3) is 1.93. The summed E-state index contributed by atoms with van der Waals surface area (Å²) < 4.78 is 28.2. The van der Waals surface area contributed by atoms with Gasteiger partial charge in [-0.2, -0.15) is 0 Å². The molecule has 7 heteroatoms. The number of fused-ring (bicyclic) bond motifs is 1. The lowest BCUT2D eigenvalue weighted by atomic mass is 10.3. The summed E-state index contributed by atoms with van der Waals surface area (Å²) in [6, 6.07) is 2.39. The number of benzene rings is 1. The molecule has 0 fully saturated rings. The molecular formula is C10H9F2N3OS. The minimum atomic E-state index is -1.02. The topological polar surface area (TPSA) is 49.8 Å². The number of carbonyl (C=O) groups excluding carboxylic acids is 1. The Kier molecular flexibility index (Phi) is 2.93. The first-order chi connectivity index (χ1) is 8.04. The quantitative estimate of drug-likeness (QED) is 0.805. The third-order valence-corrected chi connectivity index (χ3v) is 2.73. The molecule has 0 aliphatic rings. The Labute approximate surface area is 100 Å². The number of halogens is 2. The molecule has 0 saturated heterocycles. The molecule has 1 aromatic carbocycles. The van der Waals surface area contributed by atoms with E-state index in [0.717, 1.165) is 6.07 Å². The van der Waals surface area contributed by atoms with Gasteiger partial charge in [-0.15, -0.1) is 0 Å². The average Bonchev–Trinajstić information content (AvgIpc) is 2.61. The summed E-state index contributed by atoms with van der Waals surface area (Å²) in [5.41, 5.74) is 0.330. The number of amides is 1. The Hall–Kier alpha value is -1.76. The molecule has 1 heterocycles. The maximum absolute atomic E-state index is 13.6. The van der Waals surface area contributed by atoms with E-state index < -0.39 is 11.6 Å². The number of imidazole rings is 1. The number of nitrogens with one attached hydrogen (secondary N) is 2. The molecule has 4 nitrogen and oxygen atoms in total. The van der Waals surface area contributed by atoms with E-state index in [9.17, 15) is 13.6 Å². The van der Waals surface area contributed by atoms with Gasteiger partial charge in [-0.1, -0.05) is 0 Å². The van der Waals surface area contributed by atoms with Crippen LogP contribution in [0, 0.1) is 16.4 Å². The van der Waals surface area contributed by atoms with Gasteiger partial charge < -0.3 is 14.9 Å². The molecule has 0 saturated carbocycles. The standard InChI is InChI=1S/C10H9F2N3OS/c1-13-7(16)4-15-9-6(14-10(15)17)3-2-5(11)8(9)12/h2-3H,4H2,1H3,(H,13,16)(H,14,17). The van der Waals surface area contributed by atoms with Crippen LogP contribution >= 0.6 is 12.2 Å². The first-order valence-corrected chi connectivity index (χ1v) is 5.22. The molecule has 0 unspecified atom stereocenters. The number of hydrogen-bond acceptors (Lipinski definition) is 2. The molecule has 90 valence electrons. The first kappa shape index (κ1) is 11.7. The fourth-order valence-corrected chi connectivity index (χ4v) is 1.83. The van der Waals surface area contributed by atoms with Crippen molar-refractivity contribution in [2.24, 2.45) is 0 Å². The lowest BCUT2D eigenvalue weighted by molar-refractivity contribution is -0.121. The zero-order valence-corrected chi connectivity index (χ0v) is 9.70. The predicted molar refractivity (Wildman–Crippen MR) is 61.1 cm³/mol. The molecule has 2 N–H and O–H groups in total. The van der Waals surface area contributed by atoms with E-state index >= 15 is 0 Å². The van der Waals surface area contributed by atoms with Crippen LogP contribution in [-0.2, 0) is 11.3 Å². The minimum absolute atomic E-state index is 0.0291. The van der Waals surface area contributed by atoms with Gasteiger partial charge in [-0.25, -0.2) is 8.78 Å². The Balaban J connectivity index is 2.69. The van der Waals surface area contributed by atoms with Gasteiger partial charge in [-0.3, -0.25) is 4.79 Å². The van der Waals surface area contributed by atoms with Crippen LogP contribution in [-0.4, -0.2) is 22.5 Å². The Morgan fingerprint density at radius 3 is 2.88 bits per heavy atom. The average molecular weight is 257 g/mol. The predicted octanol–water partition coefficient (Wildman–Crippen LogP) is 1.72. The van der Waals surface area contributed by atoms with Crippen molar-refractivity contribution in [1.29, 1.82) is 0 Å². The maximum atomic E-state index is 13.6. The van der Waals surface area contributed by atoms with Crippen LogP contribution in [0.3, 0.4) is 0 Å². The van der Waals surface area contributed by atoms with Crippen molar-refractivity contribution in [3.63, 3.8) is 0 Å². The molecule has 0 bridgehead atoms. The van der Waals surface area contributed by atoms with Crippen molar-refractivity contribution >= 4 is 29.2 Å². The Bertz CT molecular complexity index is 647. The van der Waals surface area contributed by atoms with E-state index in [-0.39, 0.29) is 22.7 Å². The third-order valence-electron chi connectivity index (χ3n) is 2.41. The Morgan fingerprint density at radius 2 is 2.24 bits per heavy atom. The van der Waals surface area contributed by atoms with Crippen molar-refractivity contribution in [2.75, 3.05) is 7.05 Å². The zero-order chi connectivity index (χ0) is 12.6. The fraction of sp³-hybridized carbons (Fsp3) is 0.200. The number of aromatic nitrogens is 2. The van der Waals surface area contributed by atoms with Crippen LogP contribution in [0.25, 0.3) is 11.0 Å². The van der Waals surface area contributed by atoms with E-state index in [1.165, 1.54) is 17.7 Å². The van der Waals surface area contributed by atoms with Crippen molar-refractivity contribution in [3.8, 4) is 0 Å². The SMILES string of the molecule is CNC(=O)Cn1c(=S)[nH]c2ccc(F)c(F)c21. The minimum Gasteiger partial charge on any atom is -0.358 e. The second kappa shape index (κ2) is 4.25. The normalized spacial score (nSPS) is 10.8. The second-order valence-electron chi connectivity index (χ2n) is 3.45. The van der Waals surface area contributed by atoms with Crippen molar-refractivity contribution < 1.29 is 13.6 Å². The number of aromatic amines is 1. The number of likely N-dealkylation sites (N-methyl/N-ethyl adjacent to an activating group) is 1. The van der Waals surface area contributed by atoms with Crippen LogP contribution in [0.4, 0.5) is 8.78 Å². The number of carbonyl (C=O) groups is 1. The zero-order valence-electron chi connectivity index (χ0n) is 8.88. The Morgan fingerprint density at radius 1 is 1.53 bits per heavy atom. The van der Waals surface area contributed by atoms with Gasteiger partial charge in [0.2, 0.25) is 5.91 Å². The van der Waals surface area contributed by atoms with Crippen LogP contribution in [0.2, 0.25) is 0 Å². The summed E-state index contributed by atoms with van der Waals surface area (Å²) in [6.07, 6.45) is 0. The van der Waals surface area contributed by atoms with E-state index in [1.54, 1.807) is 0 Å². The molecule has 2 rings (SSSR count). The molecule has 0 radical (unpaired) electrons. The molecule has 2 aromatic rings. The summed E-state index contributed by atoms with van der Waals surface area (Å²) in [5, 5.41) is 2.39. The summed E-state index contributed by atoms with van der Waals surface area (Å²) in [7, 11) is 1.46. The summed E-state index contributed by atoms with van der Waals surface area (Å²) >= 11 is 4.96. The number of hydrogen-bond donors (Lipinski definition) is 2. The van der Waals surface area contributed by atoms with E-state index in [0.29, 0.717) is 5.52 Å². The number of nitrogens with zero attached hydrogens (tertiary/aromatic N) is 1. The molecule has 17 heavy (non-hydrogen) atoms. The molecule has 0 aliphatic carbocycles. The molecule has 1 amide bonds. The van der Waals surface area contributed by atoms with E-state index in [4.69, 9.17) is 12.2 Å². The van der Waals surface area contributed by atoms with Crippen molar-refractivity contribution in [3.05, 3.63) is 28.5 Å². The molecular weight excluding hydrogens is 248 g/mol. The van der Waals surface area contributed by atoms with Gasteiger partial charge in [0, 0.05) is 7.05 Å². The number of H-pyrrole nitrogens is 1. The second-order valence-corrected chi connectivity index (χ2v) is 3.83. The summed E-state index contributed by atoms with van der Waals surface area (Å²) in [4.78, 5) is 14.0. The van der Waals surface area contributed by atoms with Crippen LogP contribution in [0.1, 0.15) is 0 Å².